The maximum Gasteiger partial charge on any atom is 0.472 e. The first-order valence-electron chi connectivity index (χ1n) is 24.7. The topological polar surface area (TPSA) is 192 Å². The molecular formula is C48H91O12P. The van der Waals surface area contributed by atoms with Crippen molar-refractivity contribution in [3.05, 3.63) is 24.3 Å². The molecule has 1 saturated carbocycles. The monoisotopic (exact) mass is 891 g/mol. The largest absolute Gasteiger partial charge is 0.472 e. The van der Waals surface area contributed by atoms with E-state index in [2.05, 4.69) is 38.2 Å². The van der Waals surface area contributed by atoms with Gasteiger partial charge in [-0.25, -0.2) is 4.57 Å². The molecule has 13 heteroatoms. The maximum atomic E-state index is 12.8. The van der Waals surface area contributed by atoms with Crippen molar-refractivity contribution < 1.29 is 58.3 Å². The average Bonchev–Trinajstić information content (AvgIpc) is 3.24. The summed E-state index contributed by atoms with van der Waals surface area (Å²) in [6, 6.07) is 0. The summed E-state index contributed by atoms with van der Waals surface area (Å²) in [7, 11) is -5.02. The third-order valence-corrected chi connectivity index (χ3v) is 12.6. The lowest BCUT2D eigenvalue weighted by molar-refractivity contribution is -0.220. The number of aliphatic hydroxyl groups excluding tert-OH is 5. The van der Waals surface area contributed by atoms with Gasteiger partial charge >= 0.3 is 13.8 Å². The molecule has 0 heterocycles. The molecule has 61 heavy (non-hydrogen) atoms. The Kier molecular flexibility index (Phi) is 37.2. The van der Waals surface area contributed by atoms with E-state index < -0.39 is 63.1 Å². The van der Waals surface area contributed by atoms with Crippen molar-refractivity contribution in [2.24, 2.45) is 0 Å². The third kappa shape index (κ3) is 31.4. The highest BCUT2D eigenvalue weighted by molar-refractivity contribution is 7.47. The highest BCUT2D eigenvalue weighted by atomic mass is 31.2. The normalized spacial score (nSPS) is 22.3. The number of carbonyl (C=O) groups excluding carboxylic acids is 1. The number of phosphoric ester groups is 1. The second-order valence-electron chi connectivity index (χ2n) is 17.3. The molecule has 0 aliphatic heterocycles. The summed E-state index contributed by atoms with van der Waals surface area (Å²) >= 11 is 0. The molecule has 0 radical (unpaired) electrons. The van der Waals surface area contributed by atoms with Crippen LogP contribution in [0.1, 0.15) is 213 Å². The van der Waals surface area contributed by atoms with Crippen LogP contribution < -0.4 is 0 Å². The van der Waals surface area contributed by atoms with Crippen molar-refractivity contribution in [3.8, 4) is 0 Å². The molecule has 1 rings (SSSR count). The van der Waals surface area contributed by atoms with Crippen LogP contribution in [-0.4, -0.2) is 98.9 Å². The Morgan fingerprint density at radius 2 is 0.918 bits per heavy atom. The Hall–Kier alpha value is -1.18. The smallest absolute Gasteiger partial charge is 0.457 e. The molecule has 0 spiro atoms. The van der Waals surface area contributed by atoms with E-state index in [1.165, 1.54) is 122 Å². The fraction of sp³-hybridized carbons (Fsp3) is 0.896. The lowest BCUT2D eigenvalue weighted by Crippen LogP contribution is -2.64. The molecule has 6 N–H and O–H groups in total. The van der Waals surface area contributed by atoms with Gasteiger partial charge in [-0.3, -0.25) is 13.8 Å². The number of esters is 1. The standard InChI is InChI=1S/C48H91O12P/c1-3-5-7-9-11-13-15-17-19-20-21-22-24-26-28-30-32-34-36-38-57-39-41(40-58-61(55,56)60-48-46(53)44(51)43(50)45(52)47(48)54)59-42(49)37-35-33-31-29-27-25-23-18-16-14-12-10-8-6-4-2/h12,14,18,23,41,43-48,50-54H,3-11,13,15-17,19-22,24-40H2,1-2H3,(H,55,56)/b14-12-,23-18-. The van der Waals surface area contributed by atoms with Crippen molar-refractivity contribution in [1.82, 2.24) is 0 Å². The lowest BCUT2D eigenvalue weighted by Gasteiger charge is -2.41. The molecule has 0 saturated heterocycles. The minimum absolute atomic E-state index is 0.0781. The van der Waals surface area contributed by atoms with Gasteiger partial charge < -0.3 is 39.9 Å². The van der Waals surface area contributed by atoms with Crippen molar-refractivity contribution in [1.29, 1.82) is 0 Å². The summed E-state index contributed by atoms with van der Waals surface area (Å²) < 4.78 is 34.2. The second-order valence-corrected chi connectivity index (χ2v) is 18.7. The molecule has 0 aromatic carbocycles. The van der Waals surface area contributed by atoms with Crippen molar-refractivity contribution in [3.63, 3.8) is 0 Å². The average molecular weight is 891 g/mol. The lowest BCUT2D eigenvalue weighted by atomic mass is 9.85. The summed E-state index contributed by atoms with van der Waals surface area (Å²) in [6.07, 6.45) is 32.4. The van der Waals surface area contributed by atoms with E-state index in [4.69, 9.17) is 18.5 Å². The van der Waals surface area contributed by atoms with Crippen LogP contribution in [0.2, 0.25) is 0 Å². The van der Waals surface area contributed by atoms with E-state index in [9.17, 15) is 39.8 Å². The van der Waals surface area contributed by atoms with E-state index >= 15 is 0 Å². The van der Waals surface area contributed by atoms with Crippen LogP contribution in [0.3, 0.4) is 0 Å². The number of hydrogen-bond donors (Lipinski definition) is 6. The molecule has 6 unspecified atom stereocenters. The zero-order chi connectivity index (χ0) is 44.8. The quantitative estimate of drug-likeness (QED) is 0.0147. The zero-order valence-corrected chi connectivity index (χ0v) is 39.4. The Bertz CT molecular complexity index is 1110. The van der Waals surface area contributed by atoms with Gasteiger partial charge in [0.15, 0.2) is 0 Å². The molecule has 0 bridgehead atoms. The van der Waals surface area contributed by atoms with Crippen LogP contribution in [0.15, 0.2) is 24.3 Å². The van der Waals surface area contributed by atoms with Gasteiger partial charge in [-0.05, 0) is 44.9 Å². The Morgan fingerprint density at radius 3 is 1.41 bits per heavy atom. The number of aliphatic hydroxyl groups is 5. The van der Waals surface area contributed by atoms with E-state index in [0.29, 0.717) is 13.0 Å². The minimum atomic E-state index is -5.02. The van der Waals surface area contributed by atoms with Gasteiger partial charge in [-0.15, -0.1) is 0 Å². The first kappa shape index (κ1) is 57.8. The SMILES string of the molecule is CCCCC/C=C\C/C=C\CCCCCCCC(=O)OC(COCCCCCCCCCCCCCCCCCCCCC)COP(=O)(O)OC1C(O)C(O)C(O)C(O)C1O. The number of rotatable bonds is 42. The summed E-state index contributed by atoms with van der Waals surface area (Å²) in [4.78, 5) is 23.2. The molecule has 6 atom stereocenters. The second kappa shape index (κ2) is 39.2. The van der Waals surface area contributed by atoms with Gasteiger partial charge in [0.1, 0.15) is 42.7 Å². The highest BCUT2D eigenvalue weighted by Gasteiger charge is 2.51. The predicted octanol–water partition coefficient (Wildman–Crippen LogP) is 10.5. The van der Waals surface area contributed by atoms with Crippen LogP contribution in [0.4, 0.5) is 0 Å². The van der Waals surface area contributed by atoms with E-state index in [1.54, 1.807) is 0 Å². The summed E-state index contributed by atoms with van der Waals surface area (Å²) in [6.45, 7) is 4.25. The fourth-order valence-corrected chi connectivity index (χ4v) is 8.59. The highest BCUT2D eigenvalue weighted by Crippen LogP contribution is 2.47. The molecule has 0 amide bonds. The number of hydrogen-bond acceptors (Lipinski definition) is 11. The predicted molar refractivity (Wildman–Crippen MR) is 244 cm³/mol. The molecule has 1 aliphatic rings. The molecule has 0 aromatic rings. The summed E-state index contributed by atoms with van der Waals surface area (Å²) in [5.41, 5.74) is 0. The molecule has 360 valence electrons. The van der Waals surface area contributed by atoms with Crippen molar-refractivity contribution in [2.45, 2.75) is 256 Å². The van der Waals surface area contributed by atoms with E-state index in [1.807, 2.05) is 0 Å². The van der Waals surface area contributed by atoms with Gasteiger partial charge in [-0.2, -0.15) is 0 Å². The Labute approximate surface area is 370 Å². The summed E-state index contributed by atoms with van der Waals surface area (Å²) in [5.74, 6) is -0.488. The van der Waals surface area contributed by atoms with Gasteiger partial charge in [0.2, 0.25) is 0 Å². The molecular weight excluding hydrogens is 799 g/mol. The maximum absolute atomic E-state index is 12.8. The molecule has 12 nitrogen and oxygen atoms in total. The van der Waals surface area contributed by atoms with Gasteiger partial charge in [-0.1, -0.05) is 186 Å². The van der Waals surface area contributed by atoms with E-state index in [-0.39, 0.29) is 13.0 Å². The van der Waals surface area contributed by atoms with Crippen LogP contribution in [-0.2, 0) is 27.9 Å². The fourth-order valence-electron chi connectivity index (χ4n) is 7.62. The number of ether oxygens (including phenoxy) is 2. The molecule has 1 fully saturated rings. The number of phosphoric acid groups is 1. The van der Waals surface area contributed by atoms with Crippen LogP contribution in [0.5, 0.6) is 0 Å². The van der Waals surface area contributed by atoms with Crippen LogP contribution >= 0.6 is 7.82 Å². The number of unbranched alkanes of at least 4 members (excludes halogenated alkanes) is 26. The van der Waals surface area contributed by atoms with Gasteiger partial charge in [0, 0.05) is 13.0 Å². The first-order chi connectivity index (χ1) is 29.5. The van der Waals surface area contributed by atoms with Gasteiger partial charge in [0.05, 0.1) is 13.2 Å². The van der Waals surface area contributed by atoms with Crippen molar-refractivity contribution in [2.75, 3.05) is 19.8 Å². The zero-order valence-electron chi connectivity index (χ0n) is 38.5. The Morgan fingerprint density at radius 1 is 0.525 bits per heavy atom. The van der Waals surface area contributed by atoms with Gasteiger partial charge in [0.25, 0.3) is 0 Å². The minimum Gasteiger partial charge on any atom is -0.457 e. The first-order valence-corrected chi connectivity index (χ1v) is 26.2. The third-order valence-electron chi connectivity index (χ3n) is 11.6. The number of allylic oxidation sites excluding steroid dienone is 4. The molecule has 1 aliphatic carbocycles. The van der Waals surface area contributed by atoms with Crippen LogP contribution in [0.25, 0.3) is 0 Å². The van der Waals surface area contributed by atoms with Crippen LogP contribution in [0, 0.1) is 0 Å². The summed E-state index contributed by atoms with van der Waals surface area (Å²) in [5, 5.41) is 50.2. The number of carbonyl (C=O) groups is 1. The van der Waals surface area contributed by atoms with Crippen molar-refractivity contribution >= 4 is 13.8 Å². The molecule has 0 aromatic heterocycles. The Balaban J connectivity index is 2.35. The van der Waals surface area contributed by atoms with E-state index in [0.717, 1.165) is 64.2 Å².